The fraction of sp³-hybridized carbons (Fsp3) is 0.519. The number of unbranched alkanes of at least 4 members (excludes halogenated alkanes) is 9. The van der Waals surface area contributed by atoms with Crippen LogP contribution in [-0.4, -0.2) is 5.78 Å². The van der Waals surface area contributed by atoms with Crippen LogP contribution in [0.3, 0.4) is 0 Å². The number of ketones is 1. The Bertz CT molecular complexity index is 684. The number of hydrogen-bond donors (Lipinski definition) is 0. The number of aryl methyl sites for hydroxylation is 2. The SMILES string of the molecule is CCCCCCCCCCCCc1ccc(C(=O)Cc2ccccc2C)cc1. The number of carbonyl (C=O) groups excluding carboxylic acids is 1. The zero-order valence-corrected chi connectivity index (χ0v) is 18.0. The van der Waals surface area contributed by atoms with Gasteiger partial charge < -0.3 is 0 Å². The fourth-order valence-electron chi connectivity index (χ4n) is 3.76. The second kappa shape index (κ2) is 13.3. The van der Waals surface area contributed by atoms with Gasteiger partial charge in [0.15, 0.2) is 5.78 Å². The lowest BCUT2D eigenvalue weighted by molar-refractivity contribution is 0.0992. The molecule has 152 valence electrons. The molecule has 0 aliphatic carbocycles. The van der Waals surface area contributed by atoms with Crippen molar-refractivity contribution in [2.45, 2.75) is 90.9 Å². The Morgan fingerprint density at radius 2 is 1.29 bits per heavy atom. The van der Waals surface area contributed by atoms with E-state index in [1.807, 2.05) is 30.3 Å². The Kier molecular flexibility index (Phi) is 10.7. The summed E-state index contributed by atoms with van der Waals surface area (Å²) in [7, 11) is 0. The van der Waals surface area contributed by atoms with E-state index < -0.39 is 0 Å². The van der Waals surface area contributed by atoms with Gasteiger partial charge >= 0.3 is 0 Å². The molecule has 0 radical (unpaired) electrons. The van der Waals surface area contributed by atoms with Crippen molar-refractivity contribution in [2.75, 3.05) is 0 Å². The summed E-state index contributed by atoms with van der Waals surface area (Å²) in [6.07, 6.45) is 15.3. The standard InChI is InChI=1S/C27H38O/c1-3-4-5-6-7-8-9-10-11-12-16-24-18-20-25(21-19-24)27(28)22-26-17-14-13-15-23(26)2/h13-15,17-21H,3-12,16,22H2,1-2H3. The molecule has 0 bridgehead atoms. The van der Waals surface area contributed by atoms with Gasteiger partial charge in [-0.25, -0.2) is 0 Å². The molecule has 2 aromatic rings. The third-order valence-corrected chi connectivity index (χ3v) is 5.71. The zero-order valence-electron chi connectivity index (χ0n) is 18.0. The lowest BCUT2D eigenvalue weighted by atomic mass is 9.98. The topological polar surface area (TPSA) is 17.1 Å². The van der Waals surface area contributed by atoms with Crippen LogP contribution in [0.2, 0.25) is 0 Å². The van der Waals surface area contributed by atoms with Gasteiger partial charge in [0.2, 0.25) is 0 Å². The summed E-state index contributed by atoms with van der Waals surface area (Å²) >= 11 is 0. The molecule has 28 heavy (non-hydrogen) atoms. The molecule has 0 saturated carbocycles. The molecule has 2 aromatic carbocycles. The van der Waals surface area contributed by atoms with Crippen LogP contribution in [0, 0.1) is 6.92 Å². The fourth-order valence-corrected chi connectivity index (χ4v) is 3.76. The van der Waals surface area contributed by atoms with E-state index in [9.17, 15) is 4.79 Å². The minimum absolute atomic E-state index is 0.208. The van der Waals surface area contributed by atoms with Crippen molar-refractivity contribution < 1.29 is 4.79 Å². The highest BCUT2D eigenvalue weighted by Gasteiger charge is 2.08. The summed E-state index contributed by atoms with van der Waals surface area (Å²) in [6, 6.07) is 16.4. The van der Waals surface area contributed by atoms with Gasteiger partial charge in [-0.15, -0.1) is 0 Å². The van der Waals surface area contributed by atoms with E-state index in [-0.39, 0.29) is 5.78 Å². The van der Waals surface area contributed by atoms with Crippen LogP contribution in [0.5, 0.6) is 0 Å². The molecule has 0 aliphatic rings. The van der Waals surface area contributed by atoms with Gasteiger partial charge in [0, 0.05) is 12.0 Å². The van der Waals surface area contributed by atoms with Crippen molar-refractivity contribution in [1.82, 2.24) is 0 Å². The monoisotopic (exact) mass is 378 g/mol. The summed E-state index contributed by atoms with van der Waals surface area (Å²) in [5.74, 6) is 0.208. The lowest BCUT2D eigenvalue weighted by Gasteiger charge is -2.07. The highest BCUT2D eigenvalue weighted by Crippen LogP contribution is 2.15. The maximum absolute atomic E-state index is 12.5. The van der Waals surface area contributed by atoms with Gasteiger partial charge in [0.1, 0.15) is 0 Å². The average Bonchev–Trinajstić information content (AvgIpc) is 2.71. The van der Waals surface area contributed by atoms with E-state index in [4.69, 9.17) is 0 Å². The minimum Gasteiger partial charge on any atom is -0.294 e. The third-order valence-electron chi connectivity index (χ3n) is 5.71. The molecule has 0 aromatic heterocycles. The second-order valence-electron chi connectivity index (χ2n) is 8.16. The maximum Gasteiger partial charge on any atom is 0.167 e. The summed E-state index contributed by atoms with van der Waals surface area (Å²) < 4.78 is 0. The van der Waals surface area contributed by atoms with Crippen molar-refractivity contribution in [3.8, 4) is 0 Å². The smallest absolute Gasteiger partial charge is 0.167 e. The van der Waals surface area contributed by atoms with Gasteiger partial charge in [0.05, 0.1) is 0 Å². The molecular weight excluding hydrogens is 340 g/mol. The van der Waals surface area contributed by atoms with Crippen molar-refractivity contribution in [2.24, 2.45) is 0 Å². The van der Waals surface area contributed by atoms with E-state index in [0.29, 0.717) is 6.42 Å². The minimum atomic E-state index is 0.208. The van der Waals surface area contributed by atoms with Crippen molar-refractivity contribution in [3.05, 3.63) is 70.8 Å². The van der Waals surface area contributed by atoms with Crippen LogP contribution >= 0.6 is 0 Å². The number of carbonyl (C=O) groups is 1. The molecule has 0 amide bonds. The molecule has 0 unspecified atom stereocenters. The highest BCUT2D eigenvalue weighted by molar-refractivity contribution is 5.97. The summed E-state index contributed by atoms with van der Waals surface area (Å²) in [5.41, 5.74) is 4.50. The number of benzene rings is 2. The van der Waals surface area contributed by atoms with E-state index in [1.54, 1.807) is 0 Å². The largest absolute Gasteiger partial charge is 0.294 e. The molecule has 0 N–H and O–H groups in total. The zero-order chi connectivity index (χ0) is 20.0. The Hall–Kier alpha value is -1.89. The van der Waals surface area contributed by atoms with Crippen molar-refractivity contribution >= 4 is 5.78 Å². The first-order chi connectivity index (χ1) is 13.7. The number of hydrogen-bond acceptors (Lipinski definition) is 1. The normalized spacial score (nSPS) is 10.9. The predicted octanol–water partition coefficient (Wildman–Crippen LogP) is 7.88. The van der Waals surface area contributed by atoms with Gasteiger partial charge in [-0.1, -0.05) is 113 Å². The molecule has 0 fully saturated rings. The van der Waals surface area contributed by atoms with Crippen molar-refractivity contribution in [1.29, 1.82) is 0 Å². The van der Waals surface area contributed by atoms with Crippen LogP contribution in [0.25, 0.3) is 0 Å². The summed E-state index contributed by atoms with van der Waals surface area (Å²) in [5, 5.41) is 0. The quantitative estimate of drug-likeness (QED) is 0.241. The molecule has 0 heterocycles. The molecule has 0 spiro atoms. The summed E-state index contributed by atoms with van der Waals surface area (Å²) in [4.78, 5) is 12.5. The van der Waals surface area contributed by atoms with E-state index >= 15 is 0 Å². The molecule has 2 rings (SSSR count). The van der Waals surface area contributed by atoms with Crippen LogP contribution in [0.4, 0.5) is 0 Å². The van der Waals surface area contributed by atoms with Crippen LogP contribution < -0.4 is 0 Å². The Balaban J connectivity index is 1.62. The maximum atomic E-state index is 12.5. The molecule has 0 aliphatic heterocycles. The van der Waals surface area contributed by atoms with Crippen LogP contribution in [-0.2, 0) is 12.8 Å². The van der Waals surface area contributed by atoms with Gasteiger partial charge in [-0.3, -0.25) is 4.79 Å². The predicted molar refractivity (Wildman–Crippen MR) is 121 cm³/mol. The van der Waals surface area contributed by atoms with E-state index in [0.717, 1.165) is 17.5 Å². The lowest BCUT2D eigenvalue weighted by Crippen LogP contribution is -2.05. The van der Waals surface area contributed by atoms with Crippen LogP contribution in [0.1, 0.15) is 98.2 Å². The first kappa shape index (κ1) is 22.4. The molecule has 0 atom stereocenters. The number of rotatable bonds is 14. The molecular formula is C27H38O. The summed E-state index contributed by atoms with van der Waals surface area (Å²) in [6.45, 7) is 4.34. The van der Waals surface area contributed by atoms with Gasteiger partial charge in [-0.2, -0.15) is 0 Å². The van der Waals surface area contributed by atoms with Gasteiger partial charge in [0.25, 0.3) is 0 Å². The van der Waals surface area contributed by atoms with E-state index in [2.05, 4.69) is 32.0 Å². The van der Waals surface area contributed by atoms with Gasteiger partial charge in [-0.05, 0) is 36.5 Å². The Morgan fingerprint density at radius 3 is 1.89 bits per heavy atom. The Morgan fingerprint density at radius 1 is 0.714 bits per heavy atom. The van der Waals surface area contributed by atoms with Crippen molar-refractivity contribution in [3.63, 3.8) is 0 Å². The van der Waals surface area contributed by atoms with E-state index in [1.165, 1.54) is 75.3 Å². The number of Topliss-reactive ketones (excluding diaryl/α,β-unsaturated/α-hetero) is 1. The first-order valence-electron chi connectivity index (χ1n) is 11.4. The highest BCUT2D eigenvalue weighted by atomic mass is 16.1. The second-order valence-corrected chi connectivity index (χ2v) is 8.16. The first-order valence-corrected chi connectivity index (χ1v) is 11.4. The third kappa shape index (κ3) is 8.42. The molecule has 1 heteroatoms. The molecule has 1 nitrogen and oxygen atoms in total. The molecule has 0 saturated heterocycles. The Labute approximate surface area is 172 Å². The van der Waals surface area contributed by atoms with Crippen LogP contribution in [0.15, 0.2) is 48.5 Å². The average molecular weight is 379 g/mol.